The van der Waals surface area contributed by atoms with E-state index in [9.17, 15) is 13.2 Å². The second-order valence-corrected chi connectivity index (χ2v) is 8.20. The molecule has 158 valence electrons. The van der Waals surface area contributed by atoms with E-state index in [1.807, 2.05) is 0 Å². The molecular formula is C21H21NO7S. The van der Waals surface area contributed by atoms with Crippen LogP contribution in [0, 0.1) is 0 Å². The third kappa shape index (κ3) is 4.41. The van der Waals surface area contributed by atoms with Crippen molar-refractivity contribution in [3.8, 4) is 17.2 Å². The zero-order chi connectivity index (χ0) is 21.7. The molecule has 1 aromatic heterocycles. The number of sulfone groups is 1. The molecule has 0 radical (unpaired) electrons. The fourth-order valence-corrected chi connectivity index (χ4v) is 4.28. The van der Waals surface area contributed by atoms with Crippen LogP contribution in [0.15, 0.2) is 64.1 Å². The molecule has 9 heteroatoms. The van der Waals surface area contributed by atoms with Gasteiger partial charge in [-0.3, -0.25) is 4.79 Å². The van der Waals surface area contributed by atoms with Gasteiger partial charge in [0.15, 0.2) is 27.1 Å². The number of amides is 1. The monoisotopic (exact) mass is 431 g/mol. The SMILES string of the molecule is COc1cc(NC(=O)c2occc2CS(=O)(=O)c2ccccc2)cc(OC)c1OC. The van der Waals surface area contributed by atoms with E-state index in [0.717, 1.165) is 0 Å². The van der Waals surface area contributed by atoms with Crippen molar-refractivity contribution >= 4 is 21.4 Å². The quantitative estimate of drug-likeness (QED) is 0.582. The van der Waals surface area contributed by atoms with E-state index in [0.29, 0.717) is 22.9 Å². The van der Waals surface area contributed by atoms with Gasteiger partial charge in [-0.25, -0.2) is 8.42 Å². The van der Waals surface area contributed by atoms with Crippen molar-refractivity contribution in [3.63, 3.8) is 0 Å². The molecule has 2 aromatic carbocycles. The molecule has 0 aliphatic carbocycles. The first kappa shape index (κ1) is 21.3. The Kier molecular flexibility index (Phi) is 6.31. The Morgan fingerprint density at radius 1 is 0.967 bits per heavy atom. The predicted octanol–water partition coefficient (Wildman–Crippen LogP) is 3.53. The fourth-order valence-electron chi connectivity index (χ4n) is 2.91. The maximum Gasteiger partial charge on any atom is 0.291 e. The highest BCUT2D eigenvalue weighted by molar-refractivity contribution is 7.90. The highest BCUT2D eigenvalue weighted by atomic mass is 32.2. The molecule has 0 saturated heterocycles. The highest BCUT2D eigenvalue weighted by Crippen LogP contribution is 2.40. The number of carbonyl (C=O) groups is 1. The molecule has 1 N–H and O–H groups in total. The molecule has 0 spiro atoms. The van der Waals surface area contributed by atoms with E-state index in [2.05, 4.69) is 5.32 Å². The number of carbonyl (C=O) groups excluding carboxylic acids is 1. The fraction of sp³-hybridized carbons (Fsp3) is 0.190. The third-order valence-corrected chi connectivity index (χ3v) is 6.00. The van der Waals surface area contributed by atoms with E-state index in [4.69, 9.17) is 18.6 Å². The second kappa shape index (κ2) is 8.91. The largest absolute Gasteiger partial charge is 0.493 e. The standard InChI is InChI=1S/C21H21NO7S/c1-26-17-11-15(12-18(27-2)20(17)28-3)22-21(23)19-14(9-10-29-19)13-30(24,25)16-7-5-4-6-8-16/h4-12H,13H2,1-3H3,(H,22,23). The lowest BCUT2D eigenvalue weighted by Gasteiger charge is -2.14. The molecule has 3 rings (SSSR count). The summed E-state index contributed by atoms with van der Waals surface area (Å²) in [5.74, 6) is 0.0318. The maximum absolute atomic E-state index is 12.8. The Morgan fingerprint density at radius 3 is 2.17 bits per heavy atom. The zero-order valence-corrected chi connectivity index (χ0v) is 17.5. The Labute approximate surface area is 174 Å². The van der Waals surface area contributed by atoms with Crippen molar-refractivity contribution in [2.45, 2.75) is 10.6 Å². The Balaban J connectivity index is 1.86. The highest BCUT2D eigenvalue weighted by Gasteiger charge is 2.23. The van der Waals surface area contributed by atoms with Crippen molar-refractivity contribution in [3.05, 3.63) is 66.1 Å². The summed E-state index contributed by atoms with van der Waals surface area (Å²) in [6.45, 7) is 0. The van der Waals surface area contributed by atoms with Crippen molar-refractivity contribution in [2.75, 3.05) is 26.6 Å². The molecule has 30 heavy (non-hydrogen) atoms. The molecule has 0 unspecified atom stereocenters. The van der Waals surface area contributed by atoms with Crippen LogP contribution >= 0.6 is 0 Å². The molecular weight excluding hydrogens is 410 g/mol. The summed E-state index contributed by atoms with van der Waals surface area (Å²) in [5.41, 5.74) is 0.617. The molecule has 1 amide bonds. The number of rotatable bonds is 8. The van der Waals surface area contributed by atoms with Crippen LogP contribution in [0.1, 0.15) is 16.1 Å². The molecule has 0 saturated carbocycles. The lowest BCUT2D eigenvalue weighted by Crippen LogP contribution is -2.15. The van der Waals surface area contributed by atoms with E-state index in [1.165, 1.54) is 45.8 Å². The normalized spacial score (nSPS) is 11.0. The minimum Gasteiger partial charge on any atom is -0.493 e. The summed E-state index contributed by atoms with van der Waals surface area (Å²) in [7, 11) is 0.755. The Hall–Kier alpha value is -3.46. The smallest absolute Gasteiger partial charge is 0.291 e. The van der Waals surface area contributed by atoms with Crippen LogP contribution in [0.25, 0.3) is 0 Å². The topological polar surface area (TPSA) is 104 Å². The van der Waals surface area contributed by atoms with Crippen molar-refractivity contribution in [1.82, 2.24) is 0 Å². The molecule has 3 aromatic rings. The number of ether oxygens (including phenoxy) is 3. The first-order chi connectivity index (χ1) is 14.4. The average molecular weight is 431 g/mol. The van der Waals surface area contributed by atoms with Crippen molar-refractivity contribution in [2.24, 2.45) is 0 Å². The first-order valence-electron chi connectivity index (χ1n) is 8.85. The molecule has 0 aliphatic rings. The van der Waals surface area contributed by atoms with Gasteiger partial charge in [-0.15, -0.1) is 0 Å². The van der Waals surface area contributed by atoms with Crippen LogP contribution in [-0.2, 0) is 15.6 Å². The van der Waals surface area contributed by atoms with Gasteiger partial charge in [0, 0.05) is 23.4 Å². The molecule has 0 atom stereocenters. The third-order valence-electron chi connectivity index (χ3n) is 4.32. The van der Waals surface area contributed by atoms with E-state index >= 15 is 0 Å². The maximum atomic E-state index is 12.8. The van der Waals surface area contributed by atoms with Gasteiger partial charge in [-0.05, 0) is 18.2 Å². The van der Waals surface area contributed by atoms with Crippen molar-refractivity contribution in [1.29, 1.82) is 0 Å². The summed E-state index contributed by atoms with van der Waals surface area (Å²) in [5, 5.41) is 2.67. The first-order valence-corrected chi connectivity index (χ1v) is 10.5. The van der Waals surface area contributed by atoms with Gasteiger partial charge in [-0.1, -0.05) is 18.2 Å². The van der Waals surface area contributed by atoms with Crippen molar-refractivity contribution < 1.29 is 31.8 Å². The van der Waals surface area contributed by atoms with E-state index < -0.39 is 15.7 Å². The molecule has 0 fully saturated rings. The zero-order valence-electron chi connectivity index (χ0n) is 16.7. The van der Waals surface area contributed by atoms with E-state index in [1.54, 1.807) is 30.3 Å². The number of nitrogens with one attached hydrogen (secondary N) is 1. The average Bonchev–Trinajstić information content (AvgIpc) is 3.21. The Morgan fingerprint density at radius 2 is 1.60 bits per heavy atom. The van der Waals surface area contributed by atoms with Gasteiger partial charge in [0.25, 0.3) is 5.91 Å². The number of anilines is 1. The molecule has 0 aliphatic heterocycles. The number of hydrogen-bond donors (Lipinski definition) is 1. The lowest BCUT2D eigenvalue weighted by atomic mass is 10.2. The second-order valence-electron chi connectivity index (χ2n) is 6.22. The Bertz CT molecular complexity index is 1110. The van der Waals surface area contributed by atoms with Crippen LogP contribution < -0.4 is 19.5 Å². The van der Waals surface area contributed by atoms with Gasteiger partial charge in [0.1, 0.15) is 0 Å². The number of benzene rings is 2. The van der Waals surface area contributed by atoms with Gasteiger partial charge < -0.3 is 23.9 Å². The summed E-state index contributed by atoms with van der Waals surface area (Å²) < 4.78 is 46.4. The van der Waals surface area contributed by atoms with E-state index in [-0.39, 0.29) is 22.0 Å². The van der Waals surface area contributed by atoms with Gasteiger partial charge in [-0.2, -0.15) is 0 Å². The van der Waals surface area contributed by atoms with Gasteiger partial charge >= 0.3 is 0 Å². The molecule has 1 heterocycles. The summed E-state index contributed by atoms with van der Waals surface area (Å²) in [6, 6.07) is 12.6. The number of hydrogen-bond acceptors (Lipinski definition) is 7. The predicted molar refractivity (Wildman–Crippen MR) is 110 cm³/mol. The lowest BCUT2D eigenvalue weighted by molar-refractivity contribution is 0.0995. The van der Waals surface area contributed by atoms with Crippen LogP contribution in [0.2, 0.25) is 0 Å². The number of methoxy groups -OCH3 is 3. The minimum atomic E-state index is -3.64. The van der Waals surface area contributed by atoms with Crippen LogP contribution in [-0.4, -0.2) is 35.7 Å². The van der Waals surface area contributed by atoms with Crippen LogP contribution in [0.3, 0.4) is 0 Å². The van der Waals surface area contributed by atoms with Gasteiger partial charge in [0.2, 0.25) is 5.75 Å². The summed E-state index contributed by atoms with van der Waals surface area (Å²) in [6.07, 6.45) is 1.28. The summed E-state index contributed by atoms with van der Waals surface area (Å²) in [4.78, 5) is 12.9. The minimum absolute atomic E-state index is 0.0942. The number of furan rings is 1. The molecule has 0 bridgehead atoms. The van der Waals surface area contributed by atoms with Gasteiger partial charge in [0.05, 0.1) is 38.2 Å². The summed E-state index contributed by atoms with van der Waals surface area (Å²) >= 11 is 0. The van der Waals surface area contributed by atoms with Crippen LogP contribution in [0.5, 0.6) is 17.2 Å². The van der Waals surface area contributed by atoms with Crippen LogP contribution in [0.4, 0.5) is 5.69 Å². The molecule has 8 nitrogen and oxygen atoms in total.